The van der Waals surface area contributed by atoms with Gasteiger partial charge in [0.25, 0.3) is 0 Å². The van der Waals surface area contributed by atoms with E-state index in [1.165, 1.54) is 0 Å². The van der Waals surface area contributed by atoms with Crippen molar-refractivity contribution in [1.29, 1.82) is 0 Å². The molecule has 2 aromatic rings. The van der Waals surface area contributed by atoms with E-state index in [1.54, 1.807) is 14.7 Å². The first kappa shape index (κ1) is 20.7. The molecule has 2 aliphatic heterocycles. The molecule has 31 heavy (non-hydrogen) atoms. The molecule has 160 valence electrons. The van der Waals surface area contributed by atoms with Gasteiger partial charge in [-0.1, -0.05) is 48.6 Å². The lowest BCUT2D eigenvalue weighted by atomic mass is 10.1. The number of carbonyl (C=O) groups is 3. The molecule has 1 N–H and O–H groups in total. The topological polar surface area (TPSA) is 81.2 Å². The first-order valence-corrected chi connectivity index (χ1v) is 10.5. The number of hydrogen-bond acceptors (Lipinski definition) is 3. The maximum atomic E-state index is 13.6. The number of urea groups is 1. The number of carboxylic acids is 1. The molecule has 3 amide bonds. The summed E-state index contributed by atoms with van der Waals surface area (Å²) in [6.07, 6.45) is 4.59. The first-order valence-electron chi connectivity index (χ1n) is 10.5. The van der Waals surface area contributed by atoms with Crippen LogP contribution in [0.3, 0.4) is 0 Å². The molecule has 0 aromatic heterocycles. The predicted molar refractivity (Wildman–Crippen MR) is 119 cm³/mol. The summed E-state index contributed by atoms with van der Waals surface area (Å²) in [5.41, 5.74) is 3.61. The van der Waals surface area contributed by atoms with Crippen molar-refractivity contribution in [3.05, 3.63) is 59.7 Å². The fourth-order valence-electron chi connectivity index (χ4n) is 4.02. The summed E-state index contributed by atoms with van der Waals surface area (Å²) < 4.78 is 0. The van der Waals surface area contributed by atoms with Gasteiger partial charge in [-0.3, -0.25) is 14.5 Å². The highest BCUT2D eigenvalue weighted by Gasteiger charge is 2.31. The first-order chi connectivity index (χ1) is 15.0. The van der Waals surface area contributed by atoms with Crippen molar-refractivity contribution in [2.24, 2.45) is 0 Å². The highest BCUT2D eigenvalue weighted by molar-refractivity contribution is 6.05. The molecule has 0 spiro atoms. The Morgan fingerprint density at radius 2 is 1.26 bits per heavy atom. The van der Waals surface area contributed by atoms with E-state index in [4.69, 9.17) is 5.11 Å². The molecule has 2 aliphatic rings. The minimum absolute atomic E-state index is 0.00793. The normalized spacial score (nSPS) is 15.2. The molecule has 4 rings (SSSR count). The van der Waals surface area contributed by atoms with Crippen molar-refractivity contribution in [3.63, 3.8) is 0 Å². The molecule has 7 heteroatoms. The van der Waals surface area contributed by atoms with Crippen molar-refractivity contribution in [3.8, 4) is 0 Å². The monoisotopic (exact) mass is 419 g/mol. The zero-order chi connectivity index (χ0) is 21.8. The van der Waals surface area contributed by atoms with Gasteiger partial charge in [0.1, 0.15) is 0 Å². The van der Waals surface area contributed by atoms with Crippen molar-refractivity contribution >= 4 is 41.4 Å². The average molecular weight is 419 g/mol. The molecule has 2 heterocycles. The van der Waals surface area contributed by atoms with Crippen molar-refractivity contribution in [2.75, 3.05) is 31.1 Å². The zero-order valence-corrected chi connectivity index (χ0v) is 17.2. The van der Waals surface area contributed by atoms with Crippen LogP contribution in [0.1, 0.15) is 30.4 Å². The van der Waals surface area contributed by atoms with Crippen LogP contribution in [-0.2, 0) is 9.59 Å². The van der Waals surface area contributed by atoms with E-state index in [9.17, 15) is 14.4 Å². The number of amides is 3. The Bertz CT molecular complexity index is 975. The van der Waals surface area contributed by atoms with E-state index in [1.807, 2.05) is 60.7 Å². The van der Waals surface area contributed by atoms with E-state index in [-0.39, 0.29) is 24.8 Å². The quantitative estimate of drug-likeness (QED) is 0.817. The third-order valence-corrected chi connectivity index (χ3v) is 5.67. The molecule has 0 aliphatic carbocycles. The molecule has 0 bridgehead atoms. The Labute approximate surface area is 181 Å². The fourth-order valence-corrected chi connectivity index (χ4v) is 4.02. The summed E-state index contributed by atoms with van der Waals surface area (Å²) in [6, 6.07) is 15.5. The molecular formula is C24H25N3O4. The number of fused-ring (bicyclic) bond motifs is 2. The Kier molecular flexibility index (Phi) is 6.02. The van der Waals surface area contributed by atoms with E-state index in [0.717, 1.165) is 22.5 Å². The van der Waals surface area contributed by atoms with Crippen LogP contribution in [0, 0.1) is 0 Å². The summed E-state index contributed by atoms with van der Waals surface area (Å²) in [4.78, 5) is 41.9. The van der Waals surface area contributed by atoms with Crippen LogP contribution in [-0.4, -0.2) is 59.0 Å². The number of benzene rings is 2. The van der Waals surface area contributed by atoms with Crippen molar-refractivity contribution < 1.29 is 19.5 Å². The Morgan fingerprint density at radius 3 is 1.81 bits per heavy atom. The summed E-state index contributed by atoms with van der Waals surface area (Å²) in [5, 5.41) is 8.74. The van der Waals surface area contributed by atoms with E-state index < -0.39 is 5.97 Å². The number of rotatable bonds is 4. The van der Waals surface area contributed by atoms with E-state index >= 15 is 0 Å². The van der Waals surface area contributed by atoms with Gasteiger partial charge in [-0.25, -0.2) is 4.79 Å². The predicted octanol–water partition coefficient (Wildman–Crippen LogP) is 3.83. The van der Waals surface area contributed by atoms with Crippen LogP contribution < -0.4 is 4.90 Å². The van der Waals surface area contributed by atoms with Crippen LogP contribution in [0.25, 0.3) is 12.2 Å². The summed E-state index contributed by atoms with van der Waals surface area (Å²) in [5.74, 6) is -0.946. The van der Waals surface area contributed by atoms with Gasteiger partial charge >= 0.3 is 12.0 Å². The second-order valence-electron chi connectivity index (χ2n) is 7.68. The van der Waals surface area contributed by atoms with Gasteiger partial charge in [0, 0.05) is 39.0 Å². The number of piperazine rings is 1. The average Bonchev–Trinajstić information content (AvgIpc) is 2.95. The third kappa shape index (κ3) is 4.45. The second kappa shape index (κ2) is 9.04. The van der Waals surface area contributed by atoms with Crippen molar-refractivity contribution in [2.45, 2.75) is 19.3 Å². The molecule has 7 nitrogen and oxygen atoms in total. The fraction of sp³-hybridized carbons (Fsp3) is 0.292. The van der Waals surface area contributed by atoms with Gasteiger partial charge in [0.15, 0.2) is 0 Å². The number of hydrogen-bond donors (Lipinski definition) is 1. The maximum absolute atomic E-state index is 13.6. The molecule has 0 unspecified atom stereocenters. The molecule has 0 atom stereocenters. The van der Waals surface area contributed by atoms with Crippen molar-refractivity contribution in [1.82, 2.24) is 9.80 Å². The lowest BCUT2D eigenvalue weighted by Crippen LogP contribution is -2.53. The molecule has 0 saturated carbocycles. The van der Waals surface area contributed by atoms with Crippen LogP contribution in [0.4, 0.5) is 16.2 Å². The molecule has 2 aromatic carbocycles. The van der Waals surface area contributed by atoms with E-state index in [2.05, 4.69) is 0 Å². The smallest absolute Gasteiger partial charge is 0.329 e. The van der Waals surface area contributed by atoms with Crippen LogP contribution in [0.2, 0.25) is 0 Å². The van der Waals surface area contributed by atoms with Gasteiger partial charge in [-0.05, 0) is 29.7 Å². The largest absolute Gasteiger partial charge is 0.481 e. The van der Waals surface area contributed by atoms with Crippen LogP contribution >= 0.6 is 0 Å². The van der Waals surface area contributed by atoms with Gasteiger partial charge in [0.2, 0.25) is 5.91 Å². The number of nitrogens with zero attached hydrogens (tertiary/aromatic N) is 3. The standard InChI is InChI=1S/C24H25N3O4/c28-22(10-5-11-23(29)30)25-14-16-26(17-15-25)24(31)27-20-8-3-1-6-18(20)12-13-19-7-2-4-9-21(19)27/h1-4,6-9,12-13H,5,10-11,14-17H2,(H,29,30). The summed E-state index contributed by atoms with van der Waals surface area (Å²) in [6.45, 7) is 1.79. The Hall–Kier alpha value is -3.61. The number of carbonyl (C=O) groups excluding carboxylic acids is 2. The van der Waals surface area contributed by atoms with Gasteiger partial charge in [-0.15, -0.1) is 0 Å². The highest BCUT2D eigenvalue weighted by atomic mass is 16.4. The molecular weight excluding hydrogens is 394 g/mol. The van der Waals surface area contributed by atoms with E-state index in [0.29, 0.717) is 32.6 Å². The highest BCUT2D eigenvalue weighted by Crippen LogP contribution is 2.37. The van der Waals surface area contributed by atoms with Crippen LogP contribution in [0.5, 0.6) is 0 Å². The number of anilines is 2. The number of aliphatic carboxylic acids is 1. The second-order valence-corrected chi connectivity index (χ2v) is 7.68. The summed E-state index contributed by atoms with van der Waals surface area (Å²) >= 11 is 0. The van der Waals surface area contributed by atoms with Gasteiger partial charge in [-0.2, -0.15) is 0 Å². The molecule has 0 radical (unpaired) electrons. The Balaban J connectivity index is 1.49. The lowest BCUT2D eigenvalue weighted by molar-refractivity contribution is -0.137. The molecule has 1 saturated heterocycles. The Morgan fingerprint density at radius 1 is 0.742 bits per heavy atom. The lowest BCUT2D eigenvalue weighted by Gasteiger charge is -2.38. The minimum atomic E-state index is -0.893. The number of carboxylic acid groups (broad SMARTS) is 1. The molecule has 1 fully saturated rings. The number of para-hydroxylation sites is 2. The third-order valence-electron chi connectivity index (χ3n) is 5.67. The SMILES string of the molecule is O=C(O)CCCC(=O)N1CCN(C(=O)N2c3ccccc3C=Cc3ccccc32)CC1. The summed E-state index contributed by atoms with van der Waals surface area (Å²) in [7, 11) is 0. The van der Waals surface area contributed by atoms with Crippen LogP contribution in [0.15, 0.2) is 48.5 Å². The minimum Gasteiger partial charge on any atom is -0.481 e. The van der Waals surface area contributed by atoms with Gasteiger partial charge in [0.05, 0.1) is 11.4 Å². The van der Waals surface area contributed by atoms with Gasteiger partial charge < -0.3 is 14.9 Å². The zero-order valence-electron chi connectivity index (χ0n) is 17.2. The maximum Gasteiger partial charge on any atom is 0.329 e.